The third-order valence-electron chi connectivity index (χ3n) is 2.60. The summed E-state index contributed by atoms with van der Waals surface area (Å²) in [7, 11) is 1.53. The number of rotatable bonds is 5. The molecule has 110 valence electrons. The van der Waals surface area contributed by atoms with E-state index in [0.29, 0.717) is 13.0 Å². The van der Waals surface area contributed by atoms with Crippen LogP contribution in [0.4, 0.5) is 4.79 Å². The van der Waals surface area contributed by atoms with Gasteiger partial charge in [-0.1, -0.05) is 25.1 Å². The summed E-state index contributed by atoms with van der Waals surface area (Å²) < 4.78 is 0. The predicted molar refractivity (Wildman–Crippen MR) is 81.4 cm³/mol. The van der Waals surface area contributed by atoms with Gasteiger partial charge in [0.25, 0.3) is 5.91 Å². The van der Waals surface area contributed by atoms with Crippen LogP contribution in [0.2, 0.25) is 0 Å². The molecule has 2 N–H and O–H groups in total. The lowest BCUT2D eigenvalue weighted by Gasteiger charge is -2.21. The summed E-state index contributed by atoms with van der Waals surface area (Å²) in [6.07, 6.45) is 0.689. The van der Waals surface area contributed by atoms with Crippen molar-refractivity contribution in [2.45, 2.75) is 30.4 Å². The Balaban J connectivity index is 2.57. The second kappa shape index (κ2) is 8.47. The van der Waals surface area contributed by atoms with Crippen molar-refractivity contribution >= 4 is 23.7 Å². The fourth-order valence-electron chi connectivity index (χ4n) is 1.54. The Labute approximate surface area is 124 Å². The molecule has 0 aliphatic heterocycles. The number of nitrogens with one attached hydrogen (secondary N) is 2. The van der Waals surface area contributed by atoms with Gasteiger partial charge in [-0.2, -0.15) is 0 Å². The first-order chi connectivity index (χ1) is 9.58. The number of amides is 3. The number of benzene rings is 1. The van der Waals surface area contributed by atoms with Crippen molar-refractivity contribution in [1.29, 1.82) is 0 Å². The van der Waals surface area contributed by atoms with Crippen molar-refractivity contribution in [3.05, 3.63) is 30.3 Å². The maximum atomic E-state index is 12.1. The quantitative estimate of drug-likeness (QED) is 0.647. The van der Waals surface area contributed by atoms with Crippen LogP contribution >= 0.6 is 11.8 Å². The molecule has 0 bridgehead atoms. The van der Waals surface area contributed by atoms with Gasteiger partial charge >= 0.3 is 6.03 Å². The molecule has 5 nitrogen and oxygen atoms in total. The Morgan fingerprint density at radius 3 is 2.45 bits per heavy atom. The number of hydrogen-bond acceptors (Lipinski definition) is 3. The van der Waals surface area contributed by atoms with Gasteiger partial charge in [-0.15, -0.1) is 11.8 Å². The van der Waals surface area contributed by atoms with Crippen LogP contribution in [0, 0.1) is 0 Å². The average Bonchev–Trinajstić information content (AvgIpc) is 2.45. The summed E-state index contributed by atoms with van der Waals surface area (Å²) in [5.74, 6) is -0.171. The number of urea groups is 1. The first kappa shape index (κ1) is 16.4. The van der Waals surface area contributed by atoms with Gasteiger partial charge in [0, 0.05) is 18.5 Å². The van der Waals surface area contributed by atoms with Crippen LogP contribution in [0.1, 0.15) is 20.3 Å². The summed E-state index contributed by atoms with van der Waals surface area (Å²) in [6.45, 7) is 4.30. The molecule has 6 heteroatoms. The first-order valence-corrected chi connectivity index (χ1v) is 7.50. The van der Waals surface area contributed by atoms with Crippen LogP contribution in [0.15, 0.2) is 35.2 Å². The van der Waals surface area contributed by atoms with Crippen LogP contribution < -0.4 is 10.7 Å². The van der Waals surface area contributed by atoms with E-state index in [9.17, 15) is 9.59 Å². The molecule has 0 aromatic heterocycles. The summed E-state index contributed by atoms with van der Waals surface area (Å²) in [6, 6.07) is 9.43. The fraction of sp³-hybridized carbons (Fsp3) is 0.429. The highest BCUT2D eigenvalue weighted by molar-refractivity contribution is 8.00. The number of carbonyl (C=O) groups is 2. The number of carbonyl (C=O) groups excluding carboxylic acids is 2. The topological polar surface area (TPSA) is 61.4 Å². The van der Waals surface area contributed by atoms with Crippen molar-refractivity contribution in [3.8, 4) is 0 Å². The number of thioether (sulfide) groups is 1. The Bertz CT molecular complexity index is 439. The van der Waals surface area contributed by atoms with Gasteiger partial charge in [-0.3, -0.25) is 10.2 Å². The number of hydrazine groups is 1. The van der Waals surface area contributed by atoms with Crippen molar-refractivity contribution < 1.29 is 9.59 Å². The molecule has 0 spiro atoms. The molecular formula is C14H21N3O2S. The Morgan fingerprint density at radius 2 is 1.90 bits per heavy atom. The first-order valence-electron chi connectivity index (χ1n) is 6.62. The van der Waals surface area contributed by atoms with Crippen molar-refractivity contribution in [3.63, 3.8) is 0 Å². The molecule has 1 aromatic rings. The largest absolute Gasteiger partial charge is 0.337 e. The number of hydrogen-bond donors (Lipinski definition) is 2. The molecule has 0 saturated carbocycles. The smallest absolute Gasteiger partial charge is 0.335 e. The van der Waals surface area contributed by atoms with E-state index in [4.69, 9.17) is 0 Å². The summed E-state index contributed by atoms with van der Waals surface area (Å²) in [4.78, 5) is 24.7. The molecule has 0 radical (unpaired) electrons. The lowest BCUT2D eigenvalue weighted by atomic mass is 10.3. The molecular weight excluding hydrogens is 274 g/mol. The van der Waals surface area contributed by atoms with Crippen LogP contribution in [0.5, 0.6) is 0 Å². The molecule has 0 aliphatic carbocycles. The van der Waals surface area contributed by atoms with E-state index < -0.39 is 0 Å². The SMILES string of the molecule is CCNC(=O)N(C)NC(=O)C(CC)Sc1ccccc1. The lowest BCUT2D eigenvalue weighted by Crippen LogP contribution is -2.50. The molecule has 0 heterocycles. The molecule has 20 heavy (non-hydrogen) atoms. The highest BCUT2D eigenvalue weighted by Crippen LogP contribution is 2.25. The zero-order valence-corrected chi connectivity index (χ0v) is 12.9. The second-order valence-corrected chi connectivity index (χ2v) is 5.47. The van der Waals surface area contributed by atoms with Gasteiger partial charge in [0.15, 0.2) is 0 Å². The summed E-state index contributed by atoms with van der Waals surface area (Å²) in [5.41, 5.74) is 2.60. The van der Waals surface area contributed by atoms with Gasteiger partial charge in [0.05, 0.1) is 5.25 Å². The van der Waals surface area contributed by atoms with E-state index in [-0.39, 0.29) is 17.2 Å². The molecule has 0 fully saturated rings. The standard InChI is InChI=1S/C14H21N3O2S/c1-4-12(20-11-9-7-6-8-10-11)13(18)16-17(3)14(19)15-5-2/h6-10,12H,4-5H2,1-3H3,(H,15,19)(H,16,18). The van der Waals surface area contributed by atoms with Crippen LogP contribution in [-0.4, -0.2) is 35.8 Å². The highest BCUT2D eigenvalue weighted by atomic mass is 32.2. The molecule has 3 amide bonds. The Hall–Kier alpha value is -1.69. The Morgan fingerprint density at radius 1 is 1.25 bits per heavy atom. The monoisotopic (exact) mass is 295 g/mol. The van der Waals surface area contributed by atoms with Crippen LogP contribution in [0.3, 0.4) is 0 Å². The minimum atomic E-state index is -0.319. The molecule has 0 aliphatic rings. The normalized spacial score (nSPS) is 11.6. The molecule has 1 aromatic carbocycles. The van der Waals surface area contributed by atoms with Gasteiger partial charge < -0.3 is 5.32 Å². The predicted octanol–water partition coefficient (Wildman–Crippen LogP) is 2.25. The maximum Gasteiger partial charge on any atom is 0.335 e. The third kappa shape index (κ3) is 5.13. The van der Waals surface area contributed by atoms with Crippen molar-refractivity contribution in [1.82, 2.24) is 15.8 Å². The zero-order valence-electron chi connectivity index (χ0n) is 12.1. The van der Waals surface area contributed by atoms with Crippen LogP contribution in [-0.2, 0) is 4.79 Å². The van der Waals surface area contributed by atoms with Crippen LogP contribution in [0.25, 0.3) is 0 Å². The van der Waals surface area contributed by atoms with Crippen molar-refractivity contribution in [2.24, 2.45) is 0 Å². The third-order valence-corrected chi connectivity index (χ3v) is 3.97. The molecule has 1 atom stereocenters. The van der Waals surface area contributed by atoms with Gasteiger partial charge in [0.1, 0.15) is 0 Å². The van der Waals surface area contributed by atoms with Gasteiger partial charge in [-0.25, -0.2) is 9.80 Å². The highest BCUT2D eigenvalue weighted by Gasteiger charge is 2.20. The molecule has 1 unspecified atom stereocenters. The molecule has 0 saturated heterocycles. The second-order valence-electron chi connectivity index (χ2n) is 4.20. The lowest BCUT2D eigenvalue weighted by molar-refractivity contribution is -0.123. The minimum absolute atomic E-state index is 0.171. The fourth-order valence-corrected chi connectivity index (χ4v) is 2.51. The molecule has 1 rings (SSSR count). The minimum Gasteiger partial charge on any atom is -0.337 e. The van der Waals surface area contributed by atoms with E-state index in [2.05, 4.69) is 10.7 Å². The maximum absolute atomic E-state index is 12.1. The van der Waals surface area contributed by atoms with E-state index in [1.807, 2.05) is 44.2 Å². The van der Waals surface area contributed by atoms with E-state index in [1.54, 1.807) is 0 Å². The number of nitrogens with zero attached hydrogens (tertiary/aromatic N) is 1. The summed E-state index contributed by atoms with van der Waals surface area (Å²) in [5, 5.41) is 3.58. The van der Waals surface area contributed by atoms with Gasteiger partial charge in [0.2, 0.25) is 0 Å². The van der Waals surface area contributed by atoms with E-state index >= 15 is 0 Å². The van der Waals surface area contributed by atoms with Gasteiger partial charge in [-0.05, 0) is 25.5 Å². The zero-order chi connectivity index (χ0) is 15.0. The Kier molecular flexibility index (Phi) is 6.93. The van der Waals surface area contributed by atoms with E-state index in [0.717, 1.165) is 4.90 Å². The summed E-state index contributed by atoms with van der Waals surface area (Å²) >= 11 is 1.49. The van der Waals surface area contributed by atoms with E-state index in [1.165, 1.54) is 23.8 Å². The average molecular weight is 295 g/mol. The van der Waals surface area contributed by atoms with Crippen molar-refractivity contribution in [2.75, 3.05) is 13.6 Å².